The van der Waals surface area contributed by atoms with Crippen molar-refractivity contribution in [2.45, 2.75) is 6.18 Å². The largest absolute Gasteiger partial charge is 0.418 e. The molecule has 0 saturated carbocycles. The highest BCUT2D eigenvalue weighted by molar-refractivity contribution is 6.10. The molecule has 4 rings (SSSR count). The van der Waals surface area contributed by atoms with Crippen molar-refractivity contribution in [3.8, 4) is 11.3 Å². The lowest BCUT2D eigenvalue weighted by Crippen LogP contribution is -2.22. The van der Waals surface area contributed by atoms with Crippen LogP contribution in [0.15, 0.2) is 73.1 Å². The summed E-state index contributed by atoms with van der Waals surface area (Å²) in [4.78, 5) is 19.9. The van der Waals surface area contributed by atoms with Gasteiger partial charge in [-0.05, 0) is 30.3 Å². The molecule has 5 nitrogen and oxygen atoms in total. The maximum atomic E-state index is 13.2. The van der Waals surface area contributed by atoms with Gasteiger partial charge in [-0.25, -0.2) is 4.79 Å². The molecule has 2 heterocycles. The third-order valence-corrected chi connectivity index (χ3v) is 4.38. The maximum absolute atomic E-state index is 13.2. The lowest BCUT2D eigenvalue weighted by molar-refractivity contribution is -0.136. The highest BCUT2D eigenvalue weighted by atomic mass is 19.4. The number of anilines is 2. The van der Waals surface area contributed by atoms with Crippen LogP contribution < -0.4 is 10.6 Å². The quantitative estimate of drug-likeness (QED) is 0.404. The van der Waals surface area contributed by atoms with E-state index in [1.54, 1.807) is 18.5 Å². The van der Waals surface area contributed by atoms with Crippen LogP contribution in [0.1, 0.15) is 5.56 Å². The standard InChI is InChI=1S/C21H15F3N4O/c22-21(23,24)15-8-2-4-10-17(15)27-20(29)28-19-14-7-1-3-9-16(14)26-18(19)13-6-5-11-25-12-13/h1-12,26H,(H2,27,28,29). The summed E-state index contributed by atoms with van der Waals surface area (Å²) in [5.41, 5.74) is 1.34. The van der Waals surface area contributed by atoms with Crippen molar-refractivity contribution in [1.82, 2.24) is 9.97 Å². The molecule has 0 fully saturated rings. The van der Waals surface area contributed by atoms with Crippen molar-refractivity contribution in [3.05, 3.63) is 78.6 Å². The van der Waals surface area contributed by atoms with E-state index in [2.05, 4.69) is 20.6 Å². The number of nitrogens with one attached hydrogen (secondary N) is 3. The number of fused-ring (bicyclic) bond motifs is 1. The van der Waals surface area contributed by atoms with Gasteiger partial charge in [0.2, 0.25) is 0 Å². The Hall–Kier alpha value is -3.81. The van der Waals surface area contributed by atoms with Gasteiger partial charge >= 0.3 is 12.2 Å². The number of nitrogens with zero attached hydrogens (tertiary/aromatic N) is 1. The highest BCUT2D eigenvalue weighted by Crippen LogP contribution is 2.36. The van der Waals surface area contributed by atoms with Gasteiger partial charge in [0.05, 0.1) is 22.6 Å². The molecule has 0 aliphatic heterocycles. The van der Waals surface area contributed by atoms with Crippen LogP contribution in [-0.4, -0.2) is 16.0 Å². The SMILES string of the molecule is O=C(Nc1ccccc1C(F)(F)F)Nc1c(-c2cccnc2)[nH]c2ccccc12. The zero-order valence-corrected chi connectivity index (χ0v) is 14.9. The zero-order chi connectivity index (χ0) is 20.4. The smallest absolute Gasteiger partial charge is 0.353 e. The minimum Gasteiger partial charge on any atom is -0.353 e. The second kappa shape index (κ2) is 7.31. The van der Waals surface area contributed by atoms with Crippen molar-refractivity contribution >= 4 is 28.3 Å². The van der Waals surface area contributed by atoms with Gasteiger partial charge in [-0.15, -0.1) is 0 Å². The molecule has 0 bridgehead atoms. The molecular formula is C21H15F3N4O. The summed E-state index contributed by atoms with van der Waals surface area (Å²) >= 11 is 0. The molecule has 0 aliphatic rings. The molecule has 2 aromatic heterocycles. The van der Waals surface area contributed by atoms with E-state index < -0.39 is 17.8 Å². The Kier molecular flexibility index (Phi) is 4.67. The van der Waals surface area contributed by atoms with Crippen molar-refractivity contribution in [1.29, 1.82) is 0 Å². The van der Waals surface area contributed by atoms with Crippen molar-refractivity contribution in [2.24, 2.45) is 0 Å². The number of carbonyl (C=O) groups excluding carboxylic acids is 1. The van der Waals surface area contributed by atoms with E-state index in [1.807, 2.05) is 30.3 Å². The first kappa shape index (κ1) is 18.5. The van der Waals surface area contributed by atoms with Crippen LogP contribution in [0.3, 0.4) is 0 Å². The topological polar surface area (TPSA) is 69.8 Å². The van der Waals surface area contributed by atoms with Gasteiger partial charge in [-0.3, -0.25) is 4.98 Å². The van der Waals surface area contributed by atoms with E-state index in [1.165, 1.54) is 18.2 Å². The Labute approximate surface area is 163 Å². The van der Waals surface area contributed by atoms with Crippen LogP contribution in [0.2, 0.25) is 0 Å². The molecule has 2 amide bonds. The normalized spacial score (nSPS) is 11.4. The fourth-order valence-corrected chi connectivity index (χ4v) is 3.11. The van der Waals surface area contributed by atoms with Crippen LogP contribution in [0, 0.1) is 0 Å². The summed E-state index contributed by atoms with van der Waals surface area (Å²) in [5.74, 6) is 0. The van der Waals surface area contributed by atoms with Crippen molar-refractivity contribution in [2.75, 3.05) is 10.6 Å². The van der Waals surface area contributed by atoms with E-state index in [-0.39, 0.29) is 5.69 Å². The molecule has 0 spiro atoms. The fourth-order valence-electron chi connectivity index (χ4n) is 3.11. The van der Waals surface area contributed by atoms with Gasteiger partial charge in [0.1, 0.15) is 0 Å². The van der Waals surface area contributed by atoms with Crippen LogP contribution in [-0.2, 0) is 6.18 Å². The molecule has 0 saturated heterocycles. The number of rotatable bonds is 3. The molecule has 2 aromatic carbocycles. The molecule has 0 radical (unpaired) electrons. The number of hydrogen-bond donors (Lipinski definition) is 3. The third kappa shape index (κ3) is 3.77. The van der Waals surface area contributed by atoms with Crippen molar-refractivity contribution < 1.29 is 18.0 Å². The summed E-state index contributed by atoms with van der Waals surface area (Å²) in [6.45, 7) is 0. The summed E-state index contributed by atoms with van der Waals surface area (Å²) in [6, 6.07) is 14.9. The van der Waals surface area contributed by atoms with Crippen LogP contribution in [0.25, 0.3) is 22.2 Å². The van der Waals surface area contributed by atoms with Gasteiger partial charge in [0, 0.05) is 28.9 Å². The number of urea groups is 1. The predicted octanol–water partition coefficient (Wildman–Crippen LogP) is 5.89. The number of benzene rings is 2. The zero-order valence-electron chi connectivity index (χ0n) is 14.9. The second-order valence-electron chi connectivity index (χ2n) is 6.28. The van der Waals surface area contributed by atoms with Crippen LogP contribution in [0.5, 0.6) is 0 Å². The molecule has 146 valence electrons. The van der Waals surface area contributed by atoms with Crippen LogP contribution >= 0.6 is 0 Å². The molecule has 4 aromatic rings. The van der Waals surface area contributed by atoms with Gasteiger partial charge in [0.15, 0.2) is 0 Å². The van der Waals surface area contributed by atoms with Gasteiger partial charge in [0.25, 0.3) is 0 Å². The monoisotopic (exact) mass is 396 g/mol. The Morgan fingerprint density at radius 2 is 1.69 bits per heavy atom. The van der Waals surface area contributed by atoms with E-state index in [0.717, 1.165) is 22.5 Å². The minimum atomic E-state index is -4.58. The molecule has 0 aliphatic carbocycles. The third-order valence-electron chi connectivity index (χ3n) is 4.38. The van der Waals surface area contributed by atoms with E-state index in [0.29, 0.717) is 11.4 Å². The van der Waals surface area contributed by atoms with E-state index >= 15 is 0 Å². The molecule has 29 heavy (non-hydrogen) atoms. The average molecular weight is 396 g/mol. The number of hydrogen-bond acceptors (Lipinski definition) is 2. The van der Waals surface area contributed by atoms with Gasteiger partial charge in [-0.2, -0.15) is 13.2 Å². The molecule has 8 heteroatoms. The molecule has 0 unspecified atom stereocenters. The van der Waals surface area contributed by atoms with E-state index in [9.17, 15) is 18.0 Å². The van der Waals surface area contributed by atoms with Gasteiger partial charge < -0.3 is 15.6 Å². The van der Waals surface area contributed by atoms with Crippen LogP contribution in [0.4, 0.5) is 29.3 Å². The minimum absolute atomic E-state index is 0.319. The molecule has 3 N–H and O–H groups in total. The summed E-state index contributed by atoms with van der Waals surface area (Å²) in [7, 11) is 0. The number of aromatic nitrogens is 2. The number of para-hydroxylation sites is 2. The Bertz CT molecular complexity index is 1170. The molecular weight excluding hydrogens is 381 g/mol. The fraction of sp³-hybridized carbons (Fsp3) is 0.0476. The first-order valence-electron chi connectivity index (χ1n) is 8.69. The Balaban J connectivity index is 1.69. The number of H-pyrrole nitrogens is 1. The Morgan fingerprint density at radius 1 is 0.931 bits per heavy atom. The first-order chi connectivity index (χ1) is 13.9. The number of pyridine rings is 1. The number of carbonyl (C=O) groups is 1. The highest BCUT2D eigenvalue weighted by Gasteiger charge is 2.33. The Morgan fingerprint density at radius 3 is 2.45 bits per heavy atom. The number of alkyl halides is 3. The number of amides is 2. The average Bonchev–Trinajstić information content (AvgIpc) is 3.07. The number of aromatic amines is 1. The molecule has 0 atom stereocenters. The lowest BCUT2D eigenvalue weighted by atomic mass is 10.1. The summed E-state index contributed by atoms with van der Waals surface area (Å²) in [6.07, 6.45) is -1.32. The van der Waals surface area contributed by atoms with Crippen molar-refractivity contribution in [3.63, 3.8) is 0 Å². The lowest BCUT2D eigenvalue weighted by Gasteiger charge is -2.14. The van der Waals surface area contributed by atoms with Gasteiger partial charge in [-0.1, -0.05) is 30.3 Å². The van der Waals surface area contributed by atoms with E-state index in [4.69, 9.17) is 0 Å². The summed E-state index contributed by atoms with van der Waals surface area (Å²) in [5, 5.41) is 5.71. The first-order valence-corrected chi connectivity index (χ1v) is 8.69. The number of halogens is 3. The summed E-state index contributed by atoms with van der Waals surface area (Å²) < 4.78 is 39.6. The maximum Gasteiger partial charge on any atom is 0.418 e. The predicted molar refractivity (Wildman–Crippen MR) is 106 cm³/mol. The second-order valence-corrected chi connectivity index (χ2v) is 6.28.